The molecule has 2 aromatic rings. The number of hydrogen-bond donors (Lipinski definition) is 2. The van der Waals surface area contributed by atoms with Gasteiger partial charge in [-0.2, -0.15) is 13.2 Å². The minimum absolute atomic E-state index is 0.370. The Morgan fingerprint density at radius 1 is 1.09 bits per heavy atom. The molecule has 0 bridgehead atoms. The molecule has 0 radical (unpaired) electrons. The number of carbonyl (C=O) groups is 2. The van der Waals surface area contributed by atoms with Crippen molar-refractivity contribution in [3.8, 4) is 0 Å². The molecule has 0 aliphatic heterocycles. The lowest BCUT2D eigenvalue weighted by molar-refractivity contribution is -0.139. The summed E-state index contributed by atoms with van der Waals surface area (Å²) in [6, 6.07) is 10.1. The second-order valence-corrected chi connectivity index (χ2v) is 5.58. The van der Waals surface area contributed by atoms with Crippen LogP contribution in [0.15, 0.2) is 47.8 Å². The third-order valence-electron chi connectivity index (χ3n) is 2.88. The first-order valence-corrected chi connectivity index (χ1v) is 7.48. The maximum absolute atomic E-state index is 12.3. The molecule has 2 rings (SSSR count). The molecular weight excluding hydrogens is 329 g/mol. The third kappa shape index (κ3) is 5.10. The summed E-state index contributed by atoms with van der Waals surface area (Å²) in [6.45, 7) is -1.45. The first kappa shape index (κ1) is 17.0. The Balaban J connectivity index is 2.15. The van der Waals surface area contributed by atoms with Gasteiger partial charge in [0.05, 0.1) is 4.88 Å². The van der Waals surface area contributed by atoms with Crippen molar-refractivity contribution in [1.29, 1.82) is 0 Å². The number of carbonyl (C=O) groups excluding carboxylic acids is 2. The van der Waals surface area contributed by atoms with Gasteiger partial charge in [-0.1, -0.05) is 36.4 Å². The lowest BCUT2D eigenvalue weighted by Crippen LogP contribution is -2.43. The molecule has 4 nitrogen and oxygen atoms in total. The summed E-state index contributed by atoms with van der Waals surface area (Å²) in [4.78, 5) is 24.5. The highest BCUT2D eigenvalue weighted by Crippen LogP contribution is 2.17. The molecular formula is C15H13F3N2O2S. The Morgan fingerprint density at radius 2 is 1.78 bits per heavy atom. The normalized spacial score (nSPS) is 12.5. The number of nitrogens with one attached hydrogen (secondary N) is 2. The van der Waals surface area contributed by atoms with Crippen LogP contribution < -0.4 is 10.6 Å². The van der Waals surface area contributed by atoms with Crippen molar-refractivity contribution in [2.75, 3.05) is 6.54 Å². The van der Waals surface area contributed by atoms with Crippen molar-refractivity contribution in [3.63, 3.8) is 0 Å². The van der Waals surface area contributed by atoms with Crippen LogP contribution in [0.4, 0.5) is 13.2 Å². The van der Waals surface area contributed by atoms with Gasteiger partial charge >= 0.3 is 6.18 Å². The molecule has 8 heteroatoms. The van der Waals surface area contributed by atoms with Crippen LogP contribution in [0.2, 0.25) is 0 Å². The minimum atomic E-state index is -4.52. The molecule has 0 unspecified atom stereocenters. The van der Waals surface area contributed by atoms with E-state index in [9.17, 15) is 22.8 Å². The van der Waals surface area contributed by atoms with Crippen LogP contribution >= 0.6 is 11.3 Å². The first-order valence-electron chi connectivity index (χ1n) is 6.60. The van der Waals surface area contributed by atoms with Gasteiger partial charge in [-0.3, -0.25) is 9.59 Å². The maximum Gasteiger partial charge on any atom is 0.405 e. The van der Waals surface area contributed by atoms with Crippen molar-refractivity contribution in [2.45, 2.75) is 12.2 Å². The van der Waals surface area contributed by atoms with Gasteiger partial charge in [0.15, 0.2) is 0 Å². The standard InChI is InChI=1S/C15H13F3N2O2S/c16-15(17,18)9-19-14(22)12(10-5-2-1-3-6-10)20-13(21)11-7-4-8-23-11/h1-8,12H,9H2,(H,19,22)(H,20,21)/t12-/m0/s1. The summed E-state index contributed by atoms with van der Waals surface area (Å²) < 4.78 is 36.8. The van der Waals surface area contributed by atoms with Gasteiger partial charge in [0.1, 0.15) is 12.6 Å². The number of rotatable bonds is 5. The Labute approximate surface area is 134 Å². The van der Waals surface area contributed by atoms with E-state index >= 15 is 0 Å². The van der Waals surface area contributed by atoms with E-state index in [0.717, 1.165) is 0 Å². The highest BCUT2D eigenvalue weighted by atomic mass is 32.1. The van der Waals surface area contributed by atoms with Crippen molar-refractivity contribution in [1.82, 2.24) is 10.6 Å². The van der Waals surface area contributed by atoms with Gasteiger partial charge in [0, 0.05) is 0 Å². The summed E-state index contributed by atoms with van der Waals surface area (Å²) in [5.41, 5.74) is 0.400. The van der Waals surface area contributed by atoms with Gasteiger partial charge in [-0.05, 0) is 17.0 Å². The van der Waals surface area contributed by atoms with Gasteiger partial charge in [0.25, 0.3) is 5.91 Å². The van der Waals surface area contributed by atoms with Crippen LogP contribution in [0.1, 0.15) is 21.3 Å². The minimum Gasteiger partial charge on any atom is -0.345 e. The highest BCUT2D eigenvalue weighted by Gasteiger charge is 2.30. The molecule has 23 heavy (non-hydrogen) atoms. The maximum atomic E-state index is 12.3. The lowest BCUT2D eigenvalue weighted by Gasteiger charge is -2.19. The van der Waals surface area contributed by atoms with Crippen LogP contribution in [-0.4, -0.2) is 24.5 Å². The molecule has 0 aliphatic carbocycles. The van der Waals surface area contributed by atoms with Crippen LogP contribution in [0, 0.1) is 0 Å². The molecule has 1 heterocycles. The average molecular weight is 342 g/mol. The molecule has 0 fully saturated rings. The van der Waals surface area contributed by atoms with Gasteiger partial charge in [-0.15, -0.1) is 11.3 Å². The van der Waals surface area contributed by atoms with E-state index in [-0.39, 0.29) is 0 Å². The number of alkyl halides is 3. The lowest BCUT2D eigenvalue weighted by atomic mass is 10.1. The van der Waals surface area contributed by atoms with Crippen LogP contribution in [0.3, 0.4) is 0 Å². The Kier molecular flexibility index (Phi) is 5.38. The zero-order chi connectivity index (χ0) is 16.9. The average Bonchev–Trinajstić information content (AvgIpc) is 3.04. The summed E-state index contributed by atoms with van der Waals surface area (Å²) in [5, 5.41) is 5.95. The van der Waals surface area contributed by atoms with E-state index in [1.165, 1.54) is 11.3 Å². The van der Waals surface area contributed by atoms with Gasteiger partial charge < -0.3 is 10.6 Å². The van der Waals surface area contributed by atoms with Crippen molar-refractivity contribution >= 4 is 23.2 Å². The zero-order valence-electron chi connectivity index (χ0n) is 11.8. The van der Waals surface area contributed by atoms with E-state index in [1.54, 1.807) is 53.2 Å². The zero-order valence-corrected chi connectivity index (χ0v) is 12.6. The van der Waals surface area contributed by atoms with Gasteiger partial charge in [-0.25, -0.2) is 0 Å². The van der Waals surface area contributed by atoms with E-state index in [0.29, 0.717) is 10.4 Å². The summed E-state index contributed by atoms with van der Waals surface area (Å²) in [7, 11) is 0. The second kappa shape index (κ2) is 7.28. The van der Waals surface area contributed by atoms with E-state index in [2.05, 4.69) is 5.32 Å². The first-order chi connectivity index (χ1) is 10.9. The van der Waals surface area contributed by atoms with Crippen molar-refractivity contribution in [2.24, 2.45) is 0 Å². The molecule has 0 aliphatic rings. The number of benzene rings is 1. The largest absolute Gasteiger partial charge is 0.405 e. The summed E-state index contributed by atoms with van der Waals surface area (Å²) in [6.07, 6.45) is -4.52. The Morgan fingerprint density at radius 3 is 2.35 bits per heavy atom. The van der Waals surface area contributed by atoms with E-state index in [4.69, 9.17) is 0 Å². The van der Waals surface area contributed by atoms with Crippen molar-refractivity contribution < 1.29 is 22.8 Å². The fraction of sp³-hybridized carbons (Fsp3) is 0.200. The fourth-order valence-corrected chi connectivity index (χ4v) is 2.47. The number of halogens is 3. The van der Waals surface area contributed by atoms with Crippen LogP contribution in [-0.2, 0) is 4.79 Å². The van der Waals surface area contributed by atoms with E-state index < -0.39 is 30.6 Å². The second-order valence-electron chi connectivity index (χ2n) is 4.63. The molecule has 2 N–H and O–H groups in total. The molecule has 2 amide bonds. The predicted octanol–water partition coefficient (Wildman–Crippen LogP) is 2.90. The molecule has 0 saturated heterocycles. The molecule has 0 spiro atoms. The third-order valence-corrected chi connectivity index (χ3v) is 3.75. The fourth-order valence-electron chi connectivity index (χ4n) is 1.85. The molecule has 0 saturated carbocycles. The van der Waals surface area contributed by atoms with Crippen LogP contribution in [0.5, 0.6) is 0 Å². The quantitative estimate of drug-likeness (QED) is 0.878. The number of hydrogen-bond acceptors (Lipinski definition) is 3. The Bertz CT molecular complexity index is 657. The summed E-state index contributed by atoms with van der Waals surface area (Å²) >= 11 is 1.17. The van der Waals surface area contributed by atoms with E-state index in [1.807, 2.05) is 0 Å². The Hall–Kier alpha value is -2.35. The summed E-state index contributed by atoms with van der Waals surface area (Å²) in [5.74, 6) is -1.44. The number of amides is 2. The van der Waals surface area contributed by atoms with Crippen molar-refractivity contribution in [3.05, 3.63) is 58.3 Å². The van der Waals surface area contributed by atoms with Gasteiger partial charge in [0.2, 0.25) is 5.91 Å². The highest BCUT2D eigenvalue weighted by molar-refractivity contribution is 7.12. The molecule has 1 atom stereocenters. The predicted molar refractivity (Wildman–Crippen MR) is 80.0 cm³/mol. The van der Waals surface area contributed by atoms with Crippen LogP contribution in [0.25, 0.3) is 0 Å². The SMILES string of the molecule is O=C(N[C@H](C(=O)NCC(F)(F)F)c1ccccc1)c1cccs1. The number of thiophene rings is 1. The molecule has 122 valence electrons. The molecule has 1 aromatic heterocycles. The monoisotopic (exact) mass is 342 g/mol. The topological polar surface area (TPSA) is 58.2 Å². The molecule has 1 aromatic carbocycles. The smallest absolute Gasteiger partial charge is 0.345 e.